The Balaban J connectivity index is 1.74. The summed E-state index contributed by atoms with van der Waals surface area (Å²) < 4.78 is 1.92. The van der Waals surface area contributed by atoms with Crippen molar-refractivity contribution in [1.82, 2.24) is 14.8 Å². The molecule has 2 aromatic carbocycles. The molecule has 1 N–H and O–H groups in total. The molecule has 0 amide bonds. The second-order valence-electron chi connectivity index (χ2n) is 7.11. The van der Waals surface area contributed by atoms with Gasteiger partial charge in [0, 0.05) is 0 Å². The van der Waals surface area contributed by atoms with Crippen molar-refractivity contribution >= 4 is 18.1 Å². The van der Waals surface area contributed by atoms with Crippen molar-refractivity contribution in [1.29, 1.82) is 0 Å². The Morgan fingerprint density at radius 1 is 0.967 bits per heavy atom. The number of rotatable bonds is 9. The van der Waals surface area contributed by atoms with E-state index in [0.29, 0.717) is 18.5 Å². The van der Waals surface area contributed by atoms with Crippen LogP contribution in [0, 0.1) is 0 Å². The number of aromatic nitrogens is 3. The molecule has 1 aromatic heterocycles. The first-order chi connectivity index (χ1) is 14.6. The van der Waals surface area contributed by atoms with E-state index >= 15 is 0 Å². The Bertz CT molecular complexity index is 1050. The fourth-order valence-corrected chi connectivity index (χ4v) is 3.11. The molecule has 154 valence electrons. The lowest BCUT2D eigenvalue weighted by molar-refractivity contribution is 0.0696. The number of allylic oxidation sites excluding steroid dienone is 2. The zero-order valence-corrected chi connectivity index (χ0v) is 17.5. The van der Waals surface area contributed by atoms with Gasteiger partial charge in [0.25, 0.3) is 0 Å². The monoisotopic (exact) mass is 401 g/mol. The Morgan fingerprint density at radius 2 is 1.67 bits per heavy atom. The molecule has 0 aliphatic carbocycles. The fourth-order valence-electron chi connectivity index (χ4n) is 3.11. The molecule has 30 heavy (non-hydrogen) atoms. The molecule has 5 nitrogen and oxygen atoms in total. The summed E-state index contributed by atoms with van der Waals surface area (Å²) in [7, 11) is 0. The van der Waals surface area contributed by atoms with Crippen LogP contribution in [-0.4, -0.2) is 25.8 Å². The highest BCUT2D eigenvalue weighted by Crippen LogP contribution is 2.14. The number of carboxylic acids is 1. The van der Waals surface area contributed by atoms with Crippen molar-refractivity contribution in [3.05, 3.63) is 94.6 Å². The largest absolute Gasteiger partial charge is 0.478 e. The molecular weight excluding hydrogens is 374 g/mol. The molecule has 0 saturated carbocycles. The Labute approximate surface area is 177 Å². The van der Waals surface area contributed by atoms with Gasteiger partial charge in [-0.15, -0.1) is 0 Å². The van der Waals surface area contributed by atoms with Crippen LogP contribution in [0.4, 0.5) is 0 Å². The minimum absolute atomic E-state index is 0.316. The van der Waals surface area contributed by atoms with Gasteiger partial charge in [-0.25, -0.2) is 14.5 Å². The van der Waals surface area contributed by atoms with Crippen LogP contribution in [0.2, 0.25) is 0 Å². The topological polar surface area (TPSA) is 68.0 Å². The van der Waals surface area contributed by atoms with E-state index in [0.717, 1.165) is 41.2 Å². The van der Waals surface area contributed by atoms with Crippen LogP contribution in [0.1, 0.15) is 65.4 Å². The summed E-state index contributed by atoms with van der Waals surface area (Å²) in [4.78, 5) is 15.8. The zero-order chi connectivity index (χ0) is 21.3. The fraction of sp³-hybridized carbons (Fsp3) is 0.240. The summed E-state index contributed by atoms with van der Waals surface area (Å²) in [5, 5.41) is 13.8. The van der Waals surface area contributed by atoms with Gasteiger partial charge in [0.2, 0.25) is 0 Å². The number of carbonyl (C=O) groups is 1. The van der Waals surface area contributed by atoms with E-state index in [1.807, 2.05) is 22.9 Å². The number of carboxylic acid groups (broad SMARTS) is 1. The first-order valence-electron chi connectivity index (χ1n) is 10.3. The van der Waals surface area contributed by atoms with Gasteiger partial charge in [0.05, 0.1) is 12.1 Å². The van der Waals surface area contributed by atoms with Crippen molar-refractivity contribution in [3.8, 4) is 0 Å². The van der Waals surface area contributed by atoms with Gasteiger partial charge in [0.1, 0.15) is 0 Å². The minimum Gasteiger partial charge on any atom is -0.478 e. The van der Waals surface area contributed by atoms with Crippen LogP contribution < -0.4 is 0 Å². The third-order valence-electron chi connectivity index (χ3n) is 4.66. The summed E-state index contributed by atoms with van der Waals surface area (Å²) in [6.45, 7) is 4.83. The van der Waals surface area contributed by atoms with E-state index in [1.165, 1.54) is 0 Å². The SMILES string of the molecule is CC/C=C/c1nc(/C=C/CC)n(Cc2ccc(Cc3cccc(C(=O)O)c3)cc2)n1. The quantitative estimate of drug-likeness (QED) is 0.517. The van der Waals surface area contributed by atoms with Gasteiger partial charge in [-0.3, -0.25) is 0 Å². The molecule has 0 spiro atoms. The van der Waals surface area contributed by atoms with Crippen LogP contribution in [0.25, 0.3) is 12.2 Å². The number of benzene rings is 2. The summed E-state index contributed by atoms with van der Waals surface area (Å²) in [6.07, 6.45) is 10.7. The molecule has 0 atom stereocenters. The number of aromatic carboxylic acids is 1. The molecule has 3 aromatic rings. The molecule has 0 saturated heterocycles. The number of nitrogens with zero attached hydrogens (tertiary/aromatic N) is 3. The zero-order valence-electron chi connectivity index (χ0n) is 17.5. The van der Waals surface area contributed by atoms with Crippen LogP contribution in [0.3, 0.4) is 0 Å². The van der Waals surface area contributed by atoms with Gasteiger partial charge >= 0.3 is 5.97 Å². The Hall–Kier alpha value is -3.47. The maximum absolute atomic E-state index is 11.2. The van der Waals surface area contributed by atoms with Crippen molar-refractivity contribution < 1.29 is 9.90 Å². The van der Waals surface area contributed by atoms with E-state index in [-0.39, 0.29) is 0 Å². The van der Waals surface area contributed by atoms with Crippen LogP contribution in [0.5, 0.6) is 0 Å². The maximum Gasteiger partial charge on any atom is 0.335 e. The van der Waals surface area contributed by atoms with Crippen molar-refractivity contribution in [2.75, 3.05) is 0 Å². The second kappa shape index (κ2) is 10.3. The number of hydrogen-bond donors (Lipinski definition) is 1. The molecule has 0 unspecified atom stereocenters. The standard InChI is InChI=1S/C25H27N3O2/c1-3-5-10-23-26-24(11-6-4-2)28(27-23)18-20-14-12-19(13-15-20)16-21-8-7-9-22(17-21)25(29)30/h5-15,17H,3-4,16,18H2,1-2H3,(H,29,30)/b10-5+,11-6+. The smallest absolute Gasteiger partial charge is 0.335 e. The summed E-state index contributed by atoms with van der Waals surface area (Å²) in [5.41, 5.74) is 3.58. The van der Waals surface area contributed by atoms with Gasteiger partial charge in [0.15, 0.2) is 11.6 Å². The van der Waals surface area contributed by atoms with Gasteiger partial charge in [-0.05, 0) is 60.2 Å². The highest BCUT2D eigenvalue weighted by molar-refractivity contribution is 5.87. The molecule has 0 aliphatic heterocycles. The lowest BCUT2D eigenvalue weighted by atomic mass is 10.0. The average Bonchev–Trinajstić information content (AvgIpc) is 3.13. The second-order valence-corrected chi connectivity index (χ2v) is 7.11. The van der Waals surface area contributed by atoms with Crippen LogP contribution in [0.15, 0.2) is 60.7 Å². The molecule has 0 fully saturated rings. The van der Waals surface area contributed by atoms with E-state index in [1.54, 1.807) is 18.2 Å². The van der Waals surface area contributed by atoms with Gasteiger partial charge < -0.3 is 5.11 Å². The molecule has 5 heteroatoms. The van der Waals surface area contributed by atoms with Crippen LogP contribution >= 0.6 is 0 Å². The highest BCUT2D eigenvalue weighted by atomic mass is 16.4. The van der Waals surface area contributed by atoms with Gasteiger partial charge in [-0.2, -0.15) is 5.10 Å². The summed E-state index contributed by atoms with van der Waals surface area (Å²) in [6, 6.07) is 15.4. The van der Waals surface area contributed by atoms with E-state index in [2.05, 4.69) is 60.3 Å². The Morgan fingerprint density at radius 3 is 2.37 bits per heavy atom. The van der Waals surface area contributed by atoms with Crippen molar-refractivity contribution in [2.24, 2.45) is 0 Å². The number of hydrogen-bond acceptors (Lipinski definition) is 3. The average molecular weight is 402 g/mol. The molecule has 1 heterocycles. The first-order valence-corrected chi connectivity index (χ1v) is 10.3. The third-order valence-corrected chi connectivity index (χ3v) is 4.66. The van der Waals surface area contributed by atoms with Crippen molar-refractivity contribution in [2.45, 2.75) is 39.7 Å². The molecule has 0 bridgehead atoms. The molecule has 0 radical (unpaired) electrons. The van der Waals surface area contributed by atoms with E-state index < -0.39 is 5.97 Å². The van der Waals surface area contributed by atoms with E-state index in [4.69, 9.17) is 5.11 Å². The lowest BCUT2D eigenvalue weighted by Crippen LogP contribution is -2.04. The lowest BCUT2D eigenvalue weighted by Gasteiger charge is -2.07. The minimum atomic E-state index is -0.902. The van der Waals surface area contributed by atoms with Gasteiger partial charge in [-0.1, -0.05) is 62.4 Å². The summed E-state index contributed by atoms with van der Waals surface area (Å²) >= 11 is 0. The third kappa shape index (κ3) is 5.77. The highest BCUT2D eigenvalue weighted by Gasteiger charge is 2.07. The maximum atomic E-state index is 11.2. The molecule has 0 aliphatic rings. The van der Waals surface area contributed by atoms with Crippen LogP contribution in [-0.2, 0) is 13.0 Å². The first kappa shape index (κ1) is 21.2. The normalized spacial score (nSPS) is 11.5. The predicted molar refractivity (Wildman–Crippen MR) is 120 cm³/mol. The Kier molecular flexibility index (Phi) is 7.33. The molecule has 3 rings (SSSR count). The molecular formula is C25H27N3O2. The van der Waals surface area contributed by atoms with Crippen molar-refractivity contribution in [3.63, 3.8) is 0 Å². The summed E-state index contributed by atoms with van der Waals surface area (Å²) in [5.74, 6) is 0.672. The van der Waals surface area contributed by atoms with E-state index in [9.17, 15) is 4.79 Å². The predicted octanol–water partition coefficient (Wildman–Crippen LogP) is 5.46.